The van der Waals surface area contributed by atoms with E-state index in [1.54, 1.807) is 6.08 Å². The van der Waals surface area contributed by atoms with Gasteiger partial charge >= 0.3 is 11.9 Å². The number of carbonyl (C=O) groups is 3. The molecule has 28 heavy (non-hydrogen) atoms. The van der Waals surface area contributed by atoms with Gasteiger partial charge in [0.15, 0.2) is 6.61 Å². The highest BCUT2D eigenvalue weighted by molar-refractivity contribution is 7.12. The van der Waals surface area contributed by atoms with Crippen molar-refractivity contribution in [3.8, 4) is 0 Å². The molecule has 2 rings (SSSR count). The van der Waals surface area contributed by atoms with Crippen molar-refractivity contribution in [2.45, 2.75) is 26.3 Å². The third-order valence-corrected chi connectivity index (χ3v) is 5.88. The number of esters is 2. The minimum absolute atomic E-state index is 0.104. The Kier molecular flexibility index (Phi) is 8.41. The quantitative estimate of drug-likeness (QED) is 0.494. The average molecular weight is 422 g/mol. The van der Waals surface area contributed by atoms with E-state index in [-0.39, 0.29) is 5.92 Å². The van der Waals surface area contributed by atoms with E-state index >= 15 is 0 Å². The van der Waals surface area contributed by atoms with Gasteiger partial charge in [-0.25, -0.2) is 9.59 Å². The van der Waals surface area contributed by atoms with Crippen molar-refractivity contribution >= 4 is 52.2 Å². The lowest BCUT2D eigenvalue weighted by atomic mass is 9.99. The van der Waals surface area contributed by atoms with Crippen molar-refractivity contribution in [1.29, 1.82) is 0 Å². The molecular weight excluding hydrogens is 398 g/mol. The number of thiophene rings is 2. The first-order valence-corrected chi connectivity index (χ1v) is 10.6. The SMILES string of the molecule is CC[C@@H](C)[C@@H](NC(=O)COC(=O)/C(=C/c1cccs1)c1cccs1)C(=O)OC. The largest absolute Gasteiger partial charge is 0.467 e. The summed E-state index contributed by atoms with van der Waals surface area (Å²) in [6, 6.07) is 6.67. The Morgan fingerprint density at radius 3 is 2.46 bits per heavy atom. The van der Waals surface area contributed by atoms with Crippen LogP contribution in [0.5, 0.6) is 0 Å². The number of hydrogen-bond acceptors (Lipinski definition) is 7. The van der Waals surface area contributed by atoms with Gasteiger partial charge in [-0.1, -0.05) is 32.4 Å². The standard InChI is InChI=1S/C20H23NO5S2/c1-4-13(2)18(20(24)25-3)21-17(22)12-26-19(23)15(16-8-6-10-28-16)11-14-7-5-9-27-14/h5-11,13,18H,4,12H2,1-3H3,(H,21,22)/b15-11+/t13-,18-/m1/s1. The van der Waals surface area contributed by atoms with Crippen LogP contribution in [-0.2, 0) is 23.9 Å². The minimum atomic E-state index is -0.778. The molecule has 0 saturated carbocycles. The van der Waals surface area contributed by atoms with Gasteiger partial charge < -0.3 is 14.8 Å². The summed E-state index contributed by atoms with van der Waals surface area (Å²) >= 11 is 2.91. The second-order valence-corrected chi connectivity index (χ2v) is 8.01. The predicted molar refractivity (Wildman–Crippen MR) is 111 cm³/mol. The molecule has 2 heterocycles. The number of carbonyl (C=O) groups excluding carboxylic acids is 3. The first kappa shape index (κ1) is 21.8. The molecule has 8 heteroatoms. The Morgan fingerprint density at radius 1 is 1.18 bits per heavy atom. The highest BCUT2D eigenvalue weighted by Crippen LogP contribution is 2.25. The van der Waals surface area contributed by atoms with Crippen molar-refractivity contribution in [3.05, 3.63) is 44.8 Å². The Bertz CT molecular complexity index is 812. The van der Waals surface area contributed by atoms with Crippen LogP contribution in [0.25, 0.3) is 11.6 Å². The fourth-order valence-electron chi connectivity index (χ4n) is 2.40. The fraction of sp³-hybridized carbons (Fsp3) is 0.350. The van der Waals surface area contributed by atoms with E-state index in [0.717, 1.165) is 9.75 Å². The van der Waals surface area contributed by atoms with E-state index in [1.807, 2.05) is 48.9 Å². The summed E-state index contributed by atoms with van der Waals surface area (Å²) < 4.78 is 9.95. The first-order chi connectivity index (χ1) is 13.5. The Morgan fingerprint density at radius 2 is 1.89 bits per heavy atom. The van der Waals surface area contributed by atoms with E-state index in [2.05, 4.69) is 5.32 Å². The number of nitrogens with one attached hydrogen (secondary N) is 1. The molecule has 0 aliphatic rings. The van der Waals surface area contributed by atoms with Gasteiger partial charge in [-0.15, -0.1) is 22.7 Å². The van der Waals surface area contributed by atoms with Crippen LogP contribution in [0, 0.1) is 5.92 Å². The summed E-state index contributed by atoms with van der Waals surface area (Å²) in [5, 5.41) is 6.37. The van der Waals surface area contributed by atoms with Gasteiger partial charge in [0, 0.05) is 9.75 Å². The van der Waals surface area contributed by atoms with Crippen LogP contribution in [0.4, 0.5) is 0 Å². The van der Waals surface area contributed by atoms with Gasteiger partial charge in [0.2, 0.25) is 0 Å². The van der Waals surface area contributed by atoms with Gasteiger partial charge in [-0.2, -0.15) is 0 Å². The Balaban J connectivity index is 2.04. The number of methoxy groups -OCH3 is 1. The molecule has 2 aromatic heterocycles. The number of ether oxygens (including phenoxy) is 2. The molecule has 0 radical (unpaired) electrons. The van der Waals surface area contributed by atoms with Crippen LogP contribution in [0.3, 0.4) is 0 Å². The average Bonchev–Trinajstić information content (AvgIpc) is 3.41. The number of amides is 1. The third-order valence-electron chi connectivity index (χ3n) is 4.16. The van der Waals surface area contributed by atoms with E-state index in [4.69, 9.17) is 9.47 Å². The molecule has 6 nitrogen and oxygen atoms in total. The van der Waals surface area contributed by atoms with Gasteiger partial charge in [0.25, 0.3) is 5.91 Å². The maximum Gasteiger partial charge on any atom is 0.340 e. The summed E-state index contributed by atoms with van der Waals surface area (Å²) in [5.74, 6) is -1.77. The lowest BCUT2D eigenvalue weighted by Crippen LogP contribution is -2.47. The van der Waals surface area contributed by atoms with E-state index in [0.29, 0.717) is 12.0 Å². The lowest BCUT2D eigenvalue weighted by molar-refractivity contribution is -0.148. The fourth-order valence-corrected chi connectivity index (χ4v) is 3.79. The molecule has 0 aliphatic heterocycles. The zero-order valence-corrected chi connectivity index (χ0v) is 17.6. The molecule has 2 atom stereocenters. The predicted octanol–water partition coefficient (Wildman–Crippen LogP) is 3.60. The summed E-state index contributed by atoms with van der Waals surface area (Å²) in [6.07, 6.45) is 2.43. The molecule has 0 fully saturated rings. The Hall–Kier alpha value is -2.45. The smallest absolute Gasteiger partial charge is 0.340 e. The van der Waals surface area contributed by atoms with Gasteiger partial charge in [0.1, 0.15) is 6.04 Å². The minimum Gasteiger partial charge on any atom is -0.467 e. The normalized spacial score (nSPS) is 13.5. The maximum absolute atomic E-state index is 12.6. The van der Waals surface area contributed by atoms with E-state index in [9.17, 15) is 14.4 Å². The second-order valence-electron chi connectivity index (χ2n) is 6.08. The van der Waals surface area contributed by atoms with Gasteiger partial charge in [-0.3, -0.25) is 4.79 Å². The third kappa shape index (κ3) is 6.03. The summed E-state index contributed by atoms with van der Waals surface area (Å²) in [4.78, 5) is 38.3. The Labute approximate surface area is 172 Å². The van der Waals surface area contributed by atoms with Crippen LogP contribution in [0.1, 0.15) is 30.0 Å². The van der Waals surface area contributed by atoms with Crippen LogP contribution in [-0.4, -0.2) is 37.6 Å². The van der Waals surface area contributed by atoms with Crippen molar-refractivity contribution in [2.24, 2.45) is 5.92 Å². The topological polar surface area (TPSA) is 81.7 Å². The van der Waals surface area contributed by atoms with Crippen LogP contribution >= 0.6 is 22.7 Å². The van der Waals surface area contributed by atoms with Crippen LogP contribution in [0.15, 0.2) is 35.0 Å². The van der Waals surface area contributed by atoms with Crippen molar-refractivity contribution < 1.29 is 23.9 Å². The number of rotatable bonds is 9. The summed E-state index contributed by atoms with van der Waals surface area (Å²) in [7, 11) is 1.27. The van der Waals surface area contributed by atoms with Crippen molar-refractivity contribution in [2.75, 3.05) is 13.7 Å². The van der Waals surface area contributed by atoms with E-state index in [1.165, 1.54) is 29.8 Å². The molecular formula is C20H23NO5S2. The lowest BCUT2D eigenvalue weighted by Gasteiger charge is -2.21. The zero-order valence-electron chi connectivity index (χ0n) is 16.0. The van der Waals surface area contributed by atoms with Gasteiger partial charge in [0.05, 0.1) is 12.7 Å². The summed E-state index contributed by atoms with van der Waals surface area (Å²) in [6.45, 7) is 3.28. The van der Waals surface area contributed by atoms with Gasteiger partial charge in [-0.05, 0) is 34.9 Å². The molecule has 0 saturated heterocycles. The molecule has 0 spiro atoms. The molecule has 0 bridgehead atoms. The number of hydrogen-bond donors (Lipinski definition) is 1. The molecule has 150 valence electrons. The van der Waals surface area contributed by atoms with E-state index < -0.39 is 30.5 Å². The maximum atomic E-state index is 12.6. The molecule has 0 unspecified atom stereocenters. The molecule has 1 N–H and O–H groups in total. The molecule has 2 aromatic rings. The highest BCUT2D eigenvalue weighted by atomic mass is 32.1. The van der Waals surface area contributed by atoms with Crippen LogP contribution < -0.4 is 5.32 Å². The monoisotopic (exact) mass is 421 g/mol. The summed E-state index contributed by atoms with van der Waals surface area (Å²) in [5.41, 5.74) is 0.386. The first-order valence-electron chi connectivity index (χ1n) is 8.79. The van der Waals surface area contributed by atoms with Crippen molar-refractivity contribution in [3.63, 3.8) is 0 Å². The molecule has 0 aliphatic carbocycles. The second kappa shape index (κ2) is 10.8. The van der Waals surface area contributed by atoms with Crippen LogP contribution in [0.2, 0.25) is 0 Å². The highest BCUT2D eigenvalue weighted by Gasteiger charge is 2.27. The zero-order chi connectivity index (χ0) is 20.5. The van der Waals surface area contributed by atoms with Crippen molar-refractivity contribution in [1.82, 2.24) is 5.32 Å². The molecule has 0 aromatic carbocycles. The molecule has 1 amide bonds.